The van der Waals surface area contributed by atoms with Gasteiger partial charge in [-0.25, -0.2) is 0 Å². The Labute approximate surface area is 105 Å². The van der Waals surface area contributed by atoms with E-state index in [0.29, 0.717) is 11.8 Å². The lowest BCUT2D eigenvalue weighted by Crippen LogP contribution is -1.81. The lowest BCUT2D eigenvalue weighted by atomic mass is 10.2. The average molecular weight is 244 g/mol. The van der Waals surface area contributed by atoms with E-state index in [2.05, 4.69) is 16.8 Å². The Kier molecular flexibility index (Phi) is 4.01. The number of halogens is 1. The van der Waals surface area contributed by atoms with Crippen molar-refractivity contribution in [2.75, 3.05) is 6.54 Å². The molecule has 0 aliphatic heterocycles. The van der Waals surface area contributed by atoms with Gasteiger partial charge >= 0.3 is 0 Å². The molecule has 0 saturated heterocycles. The van der Waals surface area contributed by atoms with E-state index in [1.165, 1.54) is 6.26 Å². The summed E-state index contributed by atoms with van der Waals surface area (Å²) in [5, 5.41) is 0.349. The first-order chi connectivity index (χ1) is 8.34. The number of nitrogens with zero attached hydrogens (tertiary/aromatic N) is 1. The van der Waals surface area contributed by atoms with E-state index in [0.717, 1.165) is 11.1 Å². The minimum Gasteiger partial charge on any atom is -0.452 e. The molecule has 2 nitrogen and oxygen atoms in total. The Morgan fingerprint density at radius 2 is 2.12 bits per heavy atom. The first kappa shape index (κ1) is 11.5. The zero-order chi connectivity index (χ0) is 11.9. The third-order valence-electron chi connectivity index (χ3n) is 2.01. The second-order valence-electron chi connectivity index (χ2n) is 3.32. The smallest absolute Gasteiger partial charge is 0.194 e. The molecule has 0 amide bonds. The quantitative estimate of drug-likeness (QED) is 0.586. The van der Waals surface area contributed by atoms with Crippen LogP contribution in [0.1, 0.15) is 11.1 Å². The molecule has 0 fully saturated rings. The molecule has 0 unspecified atom stereocenters. The SMILES string of the molecule is Clc1cc(C#CCN=Cc2ccccc2)co1. The molecule has 2 aromatic rings. The van der Waals surface area contributed by atoms with Crippen LogP contribution >= 0.6 is 11.6 Å². The molecular weight excluding hydrogens is 234 g/mol. The molecule has 0 N–H and O–H groups in total. The van der Waals surface area contributed by atoms with E-state index in [4.69, 9.17) is 16.0 Å². The number of rotatable bonds is 2. The van der Waals surface area contributed by atoms with Gasteiger partial charge in [0.15, 0.2) is 5.22 Å². The summed E-state index contributed by atoms with van der Waals surface area (Å²) < 4.78 is 4.92. The third kappa shape index (κ3) is 3.82. The van der Waals surface area contributed by atoms with Gasteiger partial charge in [-0.05, 0) is 17.2 Å². The Morgan fingerprint density at radius 3 is 2.82 bits per heavy atom. The molecule has 0 bridgehead atoms. The molecule has 84 valence electrons. The number of hydrogen-bond donors (Lipinski definition) is 0. The van der Waals surface area contributed by atoms with Crippen molar-refractivity contribution in [3.63, 3.8) is 0 Å². The molecule has 0 atom stereocenters. The molecule has 0 saturated carbocycles. The molecule has 1 heterocycles. The second-order valence-corrected chi connectivity index (χ2v) is 3.69. The van der Waals surface area contributed by atoms with Crippen LogP contribution in [0.4, 0.5) is 0 Å². The van der Waals surface area contributed by atoms with E-state index in [-0.39, 0.29) is 0 Å². The Bertz CT molecular complexity index is 561. The van der Waals surface area contributed by atoms with Gasteiger partial charge in [0.05, 0.1) is 5.56 Å². The Hall–Kier alpha value is -1.98. The molecule has 0 aliphatic rings. The van der Waals surface area contributed by atoms with Crippen LogP contribution in [0.15, 0.2) is 52.1 Å². The first-order valence-electron chi connectivity index (χ1n) is 5.12. The van der Waals surface area contributed by atoms with E-state index < -0.39 is 0 Å². The summed E-state index contributed by atoms with van der Waals surface area (Å²) in [5.74, 6) is 5.83. The summed E-state index contributed by atoms with van der Waals surface area (Å²) in [7, 11) is 0. The maximum Gasteiger partial charge on any atom is 0.194 e. The summed E-state index contributed by atoms with van der Waals surface area (Å²) in [6.07, 6.45) is 3.33. The second kappa shape index (κ2) is 5.93. The van der Waals surface area contributed by atoms with Gasteiger partial charge in [-0.15, -0.1) is 0 Å². The lowest BCUT2D eigenvalue weighted by molar-refractivity contribution is 0.568. The van der Waals surface area contributed by atoms with Gasteiger partial charge in [0.1, 0.15) is 12.8 Å². The molecule has 1 aromatic carbocycles. The highest BCUT2D eigenvalue weighted by atomic mass is 35.5. The van der Waals surface area contributed by atoms with Gasteiger partial charge in [0.25, 0.3) is 0 Å². The summed E-state index contributed by atoms with van der Waals surface area (Å²) in [5.41, 5.74) is 1.84. The fourth-order valence-electron chi connectivity index (χ4n) is 1.25. The Morgan fingerprint density at radius 1 is 1.29 bits per heavy atom. The summed E-state index contributed by atoms with van der Waals surface area (Å²) >= 11 is 5.62. The number of benzene rings is 1. The largest absolute Gasteiger partial charge is 0.452 e. The fraction of sp³-hybridized carbons (Fsp3) is 0.0714. The molecular formula is C14H10ClNO. The van der Waals surface area contributed by atoms with Gasteiger partial charge in [0.2, 0.25) is 0 Å². The zero-order valence-electron chi connectivity index (χ0n) is 9.06. The first-order valence-corrected chi connectivity index (χ1v) is 5.50. The normalized spacial score (nSPS) is 10.2. The fourth-order valence-corrected chi connectivity index (χ4v) is 1.42. The zero-order valence-corrected chi connectivity index (χ0v) is 9.82. The topological polar surface area (TPSA) is 25.5 Å². The third-order valence-corrected chi connectivity index (χ3v) is 2.21. The van der Waals surface area contributed by atoms with Crippen LogP contribution in [0.25, 0.3) is 0 Å². The van der Waals surface area contributed by atoms with Crippen LogP contribution in [0, 0.1) is 11.8 Å². The van der Waals surface area contributed by atoms with Gasteiger partial charge in [-0.2, -0.15) is 0 Å². The van der Waals surface area contributed by atoms with Gasteiger partial charge in [-0.3, -0.25) is 4.99 Å². The van der Waals surface area contributed by atoms with E-state index >= 15 is 0 Å². The van der Waals surface area contributed by atoms with Crippen LogP contribution in [0.2, 0.25) is 5.22 Å². The van der Waals surface area contributed by atoms with Crippen LogP contribution in [-0.2, 0) is 0 Å². The standard InChI is InChI=1S/C14H10ClNO/c15-14-9-13(11-17-14)7-4-8-16-10-12-5-2-1-3-6-12/h1-3,5-6,9-11H,8H2. The van der Waals surface area contributed by atoms with Crippen molar-refractivity contribution in [1.29, 1.82) is 0 Å². The maximum atomic E-state index is 5.62. The van der Waals surface area contributed by atoms with Crippen molar-refractivity contribution < 1.29 is 4.42 Å². The van der Waals surface area contributed by atoms with Crippen LogP contribution in [0.5, 0.6) is 0 Å². The molecule has 2 rings (SSSR count). The van der Waals surface area contributed by atoms with E-state index in [1.54, 1.807) is 12.3 Å². The van der Waals surface area contributed by atoms with Crippen molar-refractivity contribution >= 4 is 17.8 Å². The van der Waals surface area contributed by atoms with Crippen molar-refractivity contribution in [1.82, 2.24) is 0 Å². The van der Waals surface area contributed by atoms with Gasteiger partial charge in [-0.1, -0.05) is 42.2 Å². The van der Waals surface area contributed by atoms with Crippen molar-refractivity contribution in [3.05, 3.63) is 59.0 Å². The maximum absolute atomic E-state index is 5.62. The number of hydrogen-bond acceptors (Lipinski definition) is 2. The van der Waals surface area contributed by atoms with Crippen molar-refractivity contribution in [3.8, 4) is 11.8 Å². The molecule has 3 heteroatoms. The average Bonchev–Trinajstić information content (AvgIpc) is 2.76. The van der Waals surface area contributed by atoms with Crippen molar-refractivity contribution in [2.45, 2.75) is 0 Å². The molecule has 17 heavy (non-hydrogen) atoms. The highest BCUT2D eigenvalue weighted by molar-refractivity contribution is 6.28. The van der Waals surface area contributed by atoms with Crippen LogP contribution in [0.3, 0.4) is 0 Å². The van der Waals surface area contributed by atoms with Crippen LogP contribution in [-0.4, -0.2) is 12.8 Å². The molecule has 1 aromatic heterocycles. The highest BCUT2D eigenvalue weighted by Gasteiger charge is 1.92. The van der Waals surface area contributed by atoms with Gasteiger partial charge in [0, 0.05) is 12.3 Å². The number of furan rings is 1. The van der Waals surface area contributed by atoms with Crippen molar-refractivity contribution in [2.24, 2.45) is 4.99 Å². The monoisotopic (exact) mass is 243 g/mol. The summed E-state index contributed by atoms with van der Waals surface area (Å²) in [6, 6.07) is 11.6. The minimum atomic E-state index is 0.349. The van der Waals surface area contributed by atoms with E-state index in [9.17, 15) is 0 Å². The van der Waals surface area contributed by atoms with E-state index in [1.807, 2.05) is 30.3 Å². The number of aliphatic imine (C=N–C) groups is 1. The summed E-state index contributed by atoms with van der Waals surface area (Å²) in [4.78, 5) is 4.20. The summed E-state index contributed by atoms with van der Waals surface area (Å²) in [6.45, 7) is 0.456. The predicted molar refractivity (Wildman–Crippen MR) is 69.5 cm³/mol. The molecule has 0 aliphatic carbocycles. The highest BCUT2D eigenvalue weighted by Crippen LogP contribution is 2.11. The predicted octanol–water partition coefficient (Wildman–Crippen LogP) is 3.40. The van der Waals surface area contributed by atoms with Gasteiger partial charge < -0.3 is 4.42 Å². The minimum absolute atomic E-state index is 0.349. The Balaban J connectivity index is 1.88. The van der Waals surface area contributed by atoms with Crippen LogP contribution < -0.4 is 0 Å². The molecule has 0 spiro atoms. The molecule has 0 radical (unpaired) electrons. The lowest BCUT2D eigenvalue weighted by Gasteiger charge is -1.88.